The molecule has 1 aliphatic heterocycles. The number of nitrogens with zero attached hydrogens (tertiary/aromatic N) is 2. The molecule has 0 saturated heterocycles. The highest BCUT2D eigenvalue weighted by Crippen LogP contribution is 2.35. The van der Waals surface area contributed by atoms with Crippen molar-refractivity contribution in [2.45, 2.75) is 39.7 Å². The van der Waals surface area contributed by atoms with E-state index in [2.05, 4.69) is 35.3 Å². The highest BCUT2D eigenvalue weighted by Gasteiger charge is 2.20. The number of nitrogens with one attached hydrogen (secondary N) is 1. The molecular formula is C14H19N3S. The lowest BCUT2D eigenvalue weighted by molar-refractivity contribution is 0.665. The number of aryl methyl sites for hydroxylation is 2. The van der Waals surface area contributed by atoms with Gasteiger partial charge < -0.3 is 5.32 Å². The largest absolute Gasteiger partial charge is 0.370 e. The van der Waals surface area contributed by atoms with Gasteiger partial charge in [-0.3, -0.25) is 0 Å². The van der Waals surface area contributed by atoms with Crippen LogP contribution < -0.4 is 5.32 Å². The molecule has 2 aromatic heterocycles. The molecule has 0 aromatic carbocycles. The molecule has 1 N–H and O–H groups in total. The second-order valence-corrected chi connectivity index (χ2v) is 5.77. The van der Waals surface area contributed by atoms with Crippen LogP contribution in [0.1, 0.15) is 30.9 Å². The summed E-state index contributed by atoms with van der Waals surface area (Å²) in [5.74, 6) is 1.25. The van der Waals surface area contributed by atoms with Gasteiger partial charge in [0.05, 0.1) is 4.88 Å². The van der Waals surface area contributed by atoms with Gasteiger partial charge in [-0.1, -0.05) is 0 Å². The van der Waals surface area contributed by atoms with Crippen LogP contribution in [0.3, 0.4) is 0 Å². The number of fused-ring (bicyclic) bond motifs is 1. The Morgan fingerprint density at radius 2 is 2.33 bits per heavy atom. The van der Waals surface area contributed by atoms with Crippen LogP contribution in [-0.2, 0) is 13.0 Å². The molecule has 0 atom stereocenters. The summed E-state index contributed by atoms with van der Waals surface area (Å²) in [5.41, 5.74) is 3.94. The highest BCUT2D eigenvalue weighted by molar-refractivity contribution is 7.13. The van der Waals surface area contributed by atoms with E-state index in [4.69, 9.17) is 5.10 Å². The van der Waals surface area contributed by atoms with Gasteiger partial charge in [0.2, 0.25) is 0 Å². The Morgan fingerprint density at radius 3 is 3.06 bits per heavy atom. The van der Waals surface area contributed by atoms with Crippen molar-refractivity contribution < 1.29 is 0 Å². The molecule has 3 nitrogen and oxygen atoms in total. The Bertz CT molecular complexity index is 553. The minimum atomic E-state index is 0.930. The summed E-state index contributed by atoms with van der Waals surface area (Å²) in [6.07, 6.45) is 3.66. The van der Waals surface area contributed by atoms with Gasteiger partial charge >= 0.3 is 0 Å². The molecule has 0 bridgehead atoms. The lowest BCUT2D eigenvalue weighted by atomic mass is 10.1. The predicted octanol–water partition coefficient (Wildman–Crippen LogP) is 3.69. The number of rotatable bonds is 2. The van der Waals surface area contributed by atoms with E-state index in [9.17, 15) is 0 Å². The van der Waals surface area contributed by atoms with Gasteiger partial charge in [0.1, 0.15) is 11.5 Å². The quantitative estimate of drug-likeness (QED) is 0.893. The summed E-state index contributed by atoms with van der Waals surface area (Å²) in [4.78, 5) is 1.31. The van der Waals surface area contributed by atoms with E-state index in [1.54, 1.807) is 11.3 Å². The molecule has 1 aliphatic rings. The second kappa shape index (κ2) is 4.76. The Kier molecular flexibility index (Phi) is 3.12. The Balaban J connectivity index is 2.12. The van der Waals surface area contributed by atoms with E-state index >= 15 is 0 Å². The van der Waals surface area contributed by atoms with Gasteiger partial charge in [-0.05, 0) is 50.1 Å². The van der Waals surface area contributed by atoms with Crippen molar-refractivity contribution >= 4 is 17.2 Å². The van der Waals surface area contributed by atoms with E-state index < -0.39 is 0 Å². The van der Waals surface area contributed by atoms with Crippen LogP contribution in [0.5, 0.6) is 0 Å². The zero-order chi connectivity index (χ0) is 12.5. The molecule has 0 spiro atoms. The van der Waals surface area contributed by atoms with E-state index in [0.29, 0.717) is 0 Å². The summed E-state index contributed by atoms with van der Waals surface area (Å²) in [7, 11) is 0. The molecule has 96 valence electrons. The van der Waals surface area contributed by atoms with Crippen LogP contribution in [0.4, 0.5) is 5.82 Å². The average Bonchev–Trinajstić information content (AvgIpc) is 2.85. The first-order valence-electron chi connectivity index (χ1n) is 6.68. The topological polar surface area (TPSA) is 29.9 Å². The van der Waals surface area contributed by atoms with Gasteiger partial charge in [-0.15, -0.1) is 11.3 Å². The fourth-order valence-corrected chi connectivity index (χ4v) is 3.46. The molecule has 2 aromatic rings. The normalized spacial score (nSPS) is 15.0. The Morgan fingerprint density at radius 1 is 1.44 bits per heavy atom. The fourth-order valence-electron chi connectivity index (χ4n) is 2.55. The molecule has 0 aliphatic carbocycles. The van der Waals surface area contributed by atoms with Crippen molar-refractivity contribution in [2.75, 3.05) is 11.9 Å². The number of hydrogen-bond donors (Lipinski definition) is 1. The summed E-state index contributed by atoms with van der Waals surface area (Å²) >= 11 is 1.80. The third-order valence-corrected chi connectivity index (χ3v) is 4.51. The van der Waals surface area contributed by atoms with E-state index in [0.717, 1.165) is 19.5 Å². The predicted molar refractivity (Wildman–Crippen MR) is 77.4 cm³/mol. The van der Waals surface area contributed by atoms with Crippen molar-refractivity contribution in [3.63, 3.8) is 0 Å². The van der Waals surface area contributed by atoms with Crippen LogP contribution in [0.15, 0.2) is 11.4 Å². The Hall–Kier alpha value is -1.29. The smallest absolute Gasteiger partial charge is 0.128 e. The first-order valence-corrected chi connectivity index (χ1v) is 7.56. The standard InChI is InChI=1S/C14H19N3S/c1-3-17-14-11(6-4-5-7-15-14)13(16-17)12-8-10(2)9-18-12/h8-9,15H,3-7H2,1-2H3. The SMILES string of the molecule is CCn1nc(-c2cc(C)cs2)c2c1NCCCC2. The summed E-state index contributed by atoms with van der Waals surface area (Å²) in [6.45, 7) is 6.30. The minimum absolute atomic E-state index is 0.930. The van der Waals surface area contributed by atoms with Crippen LogP contribution in [0.25, 0.3) is 10.6 Å². The van der Waals surface area contributed by atoms with Gasteiger partial charge in [0.25, 0.3) is 0 Å². The molecule has 4 heteroatoms. The first-order chi connectivity index (χ1) is 8.79. The number of anilines is 1. The maximum absolute atomic E-state index is 4.80. The van der Waals surface area contributed by atoms with Crippen molar-refractivity contribution in [2.24, 2.45) is 0 Å². The van der Waals surface area contributed by atoms with Crippen LogP contribution in [0, 0.1) is 6.92 Å². The van der Waals surface area contributed by atoms with Gasteiger partial charge in [-0.25, -0.2) is 4.68 Å². The van der Waals surface area contributed by atoms with Crippen LogP contribution in [0.2, 0.25) is 0 Å². The van der Waals surface area contributed by atoms with Crippen molar-refractivity contribution in [1.29, 1.82) is 0 Å². The lowest BCUT2D eigenvalue weighted by Crippen LogP contribution is -2.07. The molecule has 18 heavy (non-hydrogen) atoms. The lowest BCUT2D eigenvalue weighted by Gasteiger charge is -2.06. The maximum Gasteiger partial charge on any atom is 0.128 e. The molecule has 0 saturated carbocycles. The van der Waals surface area contributed by atoms with Gasteiger partial charge in [0.15, 0.2) is 0 Å². The zero-order valence-electron chi connectivity index (χ0n) is 11.0. The molecule has 3 rings (SSSR count). The Labute approximate surface area is 112 Å². The van der Waals surface area contributed by atoms with Crippen molar-refractivity contribution in [1.82, 2.24) is 9.78 Å². The third kappa shape index (κ3) is 1.94. The monoisotopic (exact) mass is 261 g/mol. The summed E-state index contributed by atoms with van der Waals surface area (Å²) in [6, 6.07) is 2.25. The van der Waals surface area contributed by atoms with E-state index in [1.165, 1.54) is 40.4 Å². The molecule has 0 unspecified atom stereocenters. The van der Waals surface area contributed by atoms with E-state index in [1.807, 2.05) is 0 Å². The number of hydrogen-bond acceptors (Lipinski definition) is 3. The first kappa shape index (κ1) is 11.8. The molecule has 0 radical (unpaired) electrons. The van der Waals surface area contributed by atoms with Gasteiger partial charge in [-0.2, -0.15) is 5.10 Å². The average molecular weight is 261 g/mol. The van der Waals surface area contributed by atoms with Crippen molar-refractivity contribution in [3.8, 4) is 10.6 Å². The third-order valence-electron chi connectivity index (χ3n) is 3.46. The summed E-state index contributed by atoms with van der Waals surface area (Å²) < 4.78 is 2.12. The molecule has 0 fully saturated rings. The zero-order valence-corrected chi connectivity index (χ0v) is 11.8. The molecule has 3 heterocycles. The van der Waals surface area contributed by atoms with Crippen LogP contribution >= 0.6 is 11.3 Å². The number of aromatic nitrogens is 2. The fraction of sp³-hybridized carbons (Fsp3) is 0.500. The molecular weight excluding hydrogens is 242 g/mol. The molecule has 0 amide bonds. The summed E-state index contributed by atoms with van der Waals surface area (Å²) in [5, 5.41) is 10.6. The van der Waals surface area contributed by atoms with Gasteiger partial charge in [0, 0.05) is 18.7 Å². The van der Waals surface area contributed by atoms with Crippen LogP contribution in [-0.4, -0.2) is 16.3 Å². The highest BCUT2D eigenvalue weighted by atomic mass is 32.1. The van der Waals surface area contributed by atoms with E-state index in [-0.39, 0.29) is 0 Å². The minimum Gasteiger partial charge on any atom is -0.370 e. The number of thiophene rings is 1. The second-order valence-electron chi connectivity index (χ2n) is 4.86. The van der Waals surface area contributed by atoms with Crippen molar-refractivity contribution in [3.05, 3.63) is 22.6 Å². The maximum atomic E-state index is 4.80.